The third kappa shape index (κ3) is 6.16. The molecule has 1 aromatic heterocycles. The number of benzene rings is 2. The van der Waals surface area contributed by atoms with Crippen LogP contribution < -0.4 is 10.6 Å². The maximum absolute atomic E-state index is 12.6. The molecule has 3 rings (SSSR count). The molecule has 0 saturated carbocycles. The van der Waals surface area contributed by atoms with E-state index in [0.29, 0.717) is 34.2 Å². The third-order valence-electron chi connectivity index (χ3n) is 4.57. The summed E-state index contributed by atoms with van der Waals surface area (Å²) in [5.41, 5.74) is 1.65. The zero-order chi connectivity index (χ0) is 22.2. The van der Waals surface area contributed by atoms with Gasteiger partial charge in [-0.15, -0.1) is 11.3 Å². The Kier molecular flexibility index (Phi) is 7.81. The van der Waals surface area contributed by atoms with Crippen molar-refractivity contribution >= 4 is 46.3 Å². The lowest BCUT2D eigenvalue weighted by Crippen LogP contribution is -2.39. The quantitative estimate of drug-likeness (QED) is 0.527. The largest absolute Gasteiger partial charge is 0.343 e. The average molecular weight is 456 g/mol. The van der Waals surface area contributed by atoms with Crippen LogP contribution >= 0.6 is 22.9 Å². The van der Waals surface area contributed by atoms with E-state index < -0.39 is 5.91 Å². The second kappa shape index (κ2) is 10.7. The van der Waals surface area contributed by atoms with E-state index >= 15 is 0 Å². The number of anilines is 1. The number of likely N-dealkylation sites (N-methyl/N-ethyl adjacent to an activating group) is 1. The molecule has 0 atom stereocenters. The zero-order valence-corrected chi connectivity index (χ0v) is 18.5. The zero-order valence-electron chi connectivity index (χ0n) is 16.9. The van der Waals surface area contributed by atoms with Crippen molar-refractivity contribution in [3.05, 3.63) is 87.1 Å². The SMILES string of the molecule is CCN(Cc1ccccc1)C(=O)CNC(=O)c1ccc(Cl)c(NC(=O)c2cccs2)c1. The van der Waals surface area contributed by atoms with E-state index in [9.17, 15) is 14.4 Å². The Balaban J connectivity index is 1.60. The highest BCUT2D eigenvalue weighted by molar-refractivity contribution is 7.12. The number of nitrogens with zero attached hydrogens (tertiary/aromatic N) is 1. The molecule has 0 spiro atoms. The lowest BCUT2D eigenvalue weighted by molar-refractivity contribution is -0.130. The van der Waals surface area contributed by atoms with Crippen LogP contribution in [0.5, 0.6) is 0 Å². The molecule has 0 bridgehead atoms. The van der Waals surface area contributed by atoms with Crippen LogP contribution in [0.1, 0.15) is 32.5 Å². The predicted octanol–water partition coefficient (Wildman–Crippen LogP) is 4.43. The standard InChI is InChI=1S/C23H22ClN3O3S/c1-2-27(15-16-7-4-3-5-8-16)21(28)14-25-22(29)17-10-11-18(24)19(13-17)26-23(30)20-9-6-12-31-20/h3-13H,2,14-15H2,1H3,(H,25,29)(H,26,30). The highest BCUT2D eigenvalue weighted by Gasteiger charge is 2.16. The number of hydrogen-bond donors (Lipinski definition) is 2. The molecule has 31 heavy (non-hydrogen) atoms. The number of carbonyl (C=O) groups is 3. The van der Waals surface area contributed by atoms with Gasteiger partial charge in [0.05, 0.1) is 22.1 Å². The van der Waals surface area contributed by atoms with E-state index in [1.807, 2.05) is 37.3 Å². The van der Waals surface area contributed by atoms with Gasteiger partial charge in [-0.05, 0) is 42.1 Å². The molecule has 3 aromatic rings. The second-order valence-electron chi connectivity index (χ2n) is 6.70. The van der Waals surface area contributed by atoms with E-state index in [1.54, 1.807) is 28.5 Å². The Hall–Kier alpha value is -3.16. The molecule has 0 aliphatic carbocycles. The van der Waals surface area contributed by atoms with Crippen molar-refractivity contribution in [3.63, 3.8) is 0 Å². The molecule has 0 saturated heterocycles. The molecule has 6 nitrogen and oxygen atoms in total. The minimum absolute atomic E-state index is 0.126. The molecule has 3 amide bonds. The Labute approximate surface area is 189 Å². The van der Waals surface area contributed by atoms with E-state index in [2.05, 4.69) is 10.6 Å². The average Bonchev–Trinajstić information content (AvgIpc) is 3.33. The first-order valence-electron chi connectivity index (χ1n) is 9.72. The van der Waals surface area contributed by atoms with Gasteiger partial charge in [0.25, 0.3) is 11.8 Å². The molecule has 0 unspecified atom stereocenters. The predicted molar refractivity (Wildman–Crippen MR) is 124 cm³/mol. The maximum atomic E-state index is 12.6. The van der Waals surface area contributed by atoms with E-state index in [-0.39, 0.29) is 18.4 Å². The summed E-state index contributed by atoms with van der Waals surface area (Å²) in [4.78, 5) is 39.6. The summed E-state index contributed by atoms with van der Waals surface area (Å²) in [6.07, 6.45) is 0. The van der Waals surface area contributed by atoms with Gasteiger partial charge < -0.3 is 15.5 Å². The fourth-order valence-corrected chi connectivity index (χ4v) is 3.69. The van der Waals surface area contributed by atoms with Crippen molar-refractivity contribution in [2.45, 2.75) is 13.5 Å². The van der Waals surface area contributed by atoms with Crippen LogP contribution in [0, 0.1) is 0 Å². The van der Waals surface area contributed by atoms with E-state index in [1.165, 1.54) is 23.5 Å². The fraction of sp³-hybridized carbons (Fsp3) is 0.174. The van der Waals surface area contributed by atoms with Crippen LogP contribution in [-0.4, -0.2) is 35.7 Å². The normalized spacial score (nSPS) is 10.4. The van der Waals surface area contributed by atoms with Crippen molar-refractivity contribution in [1.29, 1.82) is 0 Å². The topological polar surface area (TPSA) is 78.5 Å². The van der Waals surface area contributed by atoms with Crippen molar-refractivity contribution in [2.24, 2.45) is 0 Å². The van der Waals surface area contributed by atoms with Gasteiger partial charge in [0.2, 0.25) is 5.91 Å². The molecular weight excluding hydrogens is 434 g/mol. The number of carbonyl (C=O) groups excluding carboxylic acids is 3. The van der Waals surface area contributed by atoms with Crippen LogP contribution in [0.4, 0.5) is 5.69 Å². The Morgan fingerprint density at radius 1 is 1.00 bits per heavy atom. The van der Waals surface area contributed by atoms with Crippen LogP contribution in [0.3, 0.4) is 0 Å². The second-order valence-corrected chi connectivity index (χ2v) is 8.06. The molecule has 2 N–H and O–H groups in total. The van der Waals surface area contributed by atoms with Gasteiger partial charge in [-0.1, -0.05) is 48.0 Å². The van der Waals surface area contributed by atoms with Gasteiger partial charge in [0.1, 0.15) is 0 Å². The monoisotopic (exact) mass is 455 g/mol. The molecule has 0 aliphatic heterocycles. The molecule has 2 aromatic carbocycles. The summed E-state index contributed by atoms with van der Waals surface area (Å²) in [5.74, 6) is -0.906. The third-order valence-corrected chi connectivity index (χ3v) is 5.77. The van der Waals surface area contributed by atoms with Gasteiger partial charge in [-0.25, -0.2) is 0 Å². The number of amides is 3. The number of nitrogens with one attached hydrogen (secondary N) is 2. The lowest BCUT2D eigenvalue weighted by Gasteiger charge is -2.21. The minimum Gasteiger partial charge on any atom is -0.343 e. The van der Waals surface area contributed by atoms with Gasteiger partial charge in [-0.2, -0.15) is 0 Å². The van der Waals surface area contributed by atoms with Gasteiger partial charge >= 0.3 is 0 Å². The van der Waals surface area contributed by atoms with Crippen molar-refractivity contribution < 1.29 is 14.4 Å². The van der Waals surface area contributed by atoms with Gasteiger partial charge in [0.15, 0.2) is 0 Å². The summed E-state index contributed by atoms with van der Waals surface area (Å²) < 4.78 is 0. The lowest BCUT2D eigenvalue weighted by atomic mass is 10.2. The molecule has 1 heterocycles. The Morgan fingerprint density at radius 3 is 2.45 bits per heavy atom. The summed E-state index contributed by atoms with van der Waals surface area (Å²) in [6, 6.07) is 17.7. The first kappa shape index (κ1) is 22.5. The number of hydrogen-bond acceptors (Lipinski definition) is 4. The highest BCUT2D eigenvalue weighted by atomic mass is 35.5. The molecule has 160 valence electrons. The van der Waals surface area contributed by atoms with Crippen LogP contribution in [0.15, 0.2) is 66.0 Å². The van der Waals surface area contributed by atoms with Gasteiger partial charge in [0, 0.05) is 18.7 Å². The molecule has 0 radical (unpaired) electrons. The molecule has 0 fully saturated rings. The van der Waals surface area contributed by atoms with Crippen LogP contribution in [-0.2, 0) is 11.3 Å². The first-order chi connectivity index (χ1) is 15.0. The van der Waals surface area contributed by atoms with E-state index in [0.717, 1.165) is 5.56 Å². The van der Waals surface area contributed by atoms with Crippen molar-refractivity contribution in [2.75, 3.05) is 18.4 Å². The summed E-state index contributed by atoms with van der Waals surface area (Å²) >= 11 is 7.47. The molecule has 0 aliphatic rings. The molecular formula is C23H22ClN3O3S. The fourth-order valence-electron chi connectivity index (χ4n) is 2.90. The van der Waals surface area contributed by atoms with Crippen LogP contribution in [0.2, 0.25) is 5.02 Å². The number of rotatable bonds is 8. The highest BCUT2D eigenvalue weighted by Crippen LogP contribution is 2.24. The smallest absolute Gasteiger partial charge is 0.265 e. The number of halogens is 1. The van der Waals surface area contributed by atoms with Gasteiger partial charge in [-0.3, -0.25) is 14.4 Å². The van der Waals surface area contributed by atoms with Crippen molar-refractivity contribution in [1.82, 2.24) is 10.2 Å². The summed E-state index contributed by atoms with van der Waals surface area (Å²) in [6.45, 7) is 2.78. The first-order valence-corrected chi connectivity index (χ1v) is 11.0. The van der Waals surface area contributed by atoms with Crippen LogP contribution in [0.25, 0.3) is 0 Å². The molecule has 8 heteroatoms. The summed E-state index contributed by atoms with van der Waals surface area (Å²) in [7, 11) is 0. The minimum atomic E-state index is -0.424. The maximum Gasteiger partial charge on any atom is 0.265 e. The number of thiophene rings is 1. The van der Waals surface area contributed by atoms with E-state index in [4.69, 9.17) is 11.6 Å². The Bertz CT molecular complexity index is 1060. The van der Waals surface area contributed by atoms with Crippen molar-refractivity contribution in [3.8, 4) is 0 Å². The Morgan fingerprint density at radius 2 is 1.77 bits per heavy atom. The summed E-state index contributed by atoms with van der Waals surface area (Å²) in [5, 5.41) is 7.47.